The Morgan fingerprint density at radius 3 is 2.40 bits per heavy atom. The number of nitrogens with one attached hydrogen (secondary N) is 2. The summed E-state index contributed by atoms with van der Waals surface area (Å²) in [6.45, 7) is 8.15. The molecule has 1 aliphatic rings. The van der Waals surface area contributed by atoms with Gasteiger partial charge in [-0.15, -0.1) is 11.3 Å². The molecule has 9 heteroatoms. The zero-order valence-electron chi connectivity index (χ0n) is 20.6. The number of carbonyl (C=O) groups is 2. The van der Waals surface area contributed by atoms with Crippen molar-refractivity contribution >= 4 is 56.5 Å². The summed E-state index contributed by atoms with van der Waals surface area (Å²) in [5.41, 5.74) is 2.53. The number of thioether (sulfide) groups is 1. The second kappa shape index (κ2) is 11.0. The van der Waals surface area contributed by atoms with Crippen LogP contribution in [0.3, 0.4) is 0 Å². The van der Waals surface area contributed by atoms with Crippen LogP contribution in [0.1, 0.15) is 57.4 Å². The van der Waals surface area contributed by atoms with Crippen LogP contribution in [0.5, 0.6) is 0 Å². The van der Waals surface area contributed by atoms with Crippen LogP contribution in [0, 0.1) is 5.92 Å². The number of hydrogen-bond donors (Lipinski definition) is 2. The summed E-state index contributed by atoms with van der Waals surface area (Å²) in [5.74, 6) is 0.136. The first kappa shape index (κ1) is 25.4. The van der Waals surface area contributed by atoms with Crippen LogP contribution in [0.15, 0.2) is 34.2 Å². The number of anilines is 2. The molecule has 0 bridgehead atoms. The Balaban J connectivity index is 1.58. The van der Waals surface area contributed by atoms with Crippen molar-refractivity contribution in [3.63, 3.8) is 0 Å². The van der Waals surface area contributed by atoms with Crippen molar-refractivity contribution in [1.82, 2.24) is 9.55 Å². The number of rotatable bonds is 8. The lowest BCUT2D eigenvalue weighted by molar-refractivity contribution is -0.115. The summed E-state index contributed by atoms with van der Waals surface area (Å²) in [4.78, 5) is 44.8. The first-order chi connectivity index (χ1) is 16.7. The topological polar surface area (TPSA) is 93.1 Å². The van der Waals surface area contributed by atoms with Gasteiger partial charge in [-0.25, -0.2) is 4.98 Å². The number of benzene rings is 1. The average molecular weight is 513 g/mol. The quantitative estimate of drug-likeness (QED) is 0.309. The molecule has 3 aromatic rings. The summed E-state index contributed by atoms with van der Waals surface area (Å²) < 4.78 is 1.78. The van der Waals surface area contributed by atoms with Gasteiger partial charge in [0, 0.05) is 29.7 Å². The molecule has 4 rings (SSSR count). The molecule has 0 saturated carbocycles. The molecule has 1 aromatic carbocycles. The van der Waals surface area contributed by atoms with E-state index >= 15 is 0 Å². The minimum atomic E-state index is -0.450. The van der Waals surface area contributed by atoms with Gasteiger partial charge in [0.1, 0.15) is 4.83 Å². The van der Waals surface area contributed by atoms with Gasteiger partial charge in [0.2, 0.25) is 11.8 Å². The van der Waals surface area contributed by atoms with E-state index in [1.54, 1.807) is 40.2 Å². The minimum absolute atomic E-state index is 0.0266. The molecule has 1 unspecified atom stereocenters. The summed E-state index contributed by atoms with van der Waals surface area (Å²) in [5, 5.41) is 6.57. The third-order valence-corrected chi connectivity index (χ3v) is 8.37. The van der Waals surface area contributed by atoms with Crippen molar-refractivity contribution in [2.24, 2.45) is 5.92 Å². The fraction of sp³-hybridized carbons (Fsp3) is 0.462. The van der Waals surface area contributed by atoms with Gasteiger partial charge < -0.3 is 10.6 Å². The maximum absolute atomic E-state index is 13.6. The molecule has 0 spiro atoms. The summed E-state index contributed by atoms with van der Waals surface area (Å²) in [6.07, 6.45) is 5.11. The summed E-state index contributed by atoms with van der Waals surface area (Å²) >= 11 is 2.96. The molecule has 2 amide bonds. The van der Waals surface area contributed by atoms with Crippen LogP contribution in [-0.4, -0.2) is 26.6 Å². The molecule has 186 valence electrons. The van der Waals surface area contributed by atoms with E-state index in [-0.39, 0.29) is 17.4 Å². The molecule has 0 fully saturated rings. The molecule has 0 aliphatic heterocycles. The van der Waals surface area contributed by atoms with Gasteiger partial charge in [-0.3, -0.25) is 19.0 Å². The zero-order chi connectivity index (χ0) is 25.1. The zero-order valence-corrected chi connectivity index (χ0v) is 22.3. The first-order valence-corrected chi connectivity index (χ1v) is 13.8. The number of nitrogens with zero attached hydrogens (tertiary/aromatic N) is 2. The van der Waals surface area contributed by atoms with Crippen molar-refractivity contribution in [3.05, 3.63) is 45.1 Å². The predicted octanol–water partition coefficient (Wildman–Crippen LogP) is 5.46. The molecular weight excluding hydrogens is 480 g/mol. The smallest absolute Gasteiger partial charge is 0.263 e. The van der Waals surface area contributed by atoms with Crippen LogP contribution in [-0.2, 0) is 29.0 Å². The molecule has 0 radical (unpaired) electrons. The van der Waals surface area contributed by atoms with Crippen molar-refractivity contribution in [2.45, 2.75) is 76.8 Å². The SMILES string of the molecule is CC(=O)Nc1ccc(NC(=O)C(C)Sc2nc3sc4c(c3c(=O)n2CCC(C)C)CCCC4)cc1. The van der Waals surface area contributed by atoms with E-state index in [9.17, 15) is 14.4 Å². The fourth-order valence-corrected chi connectivity index (χ4v) is 6.43. The largest absolute Gasteiger partial charge is 0.326 e. The highest BCUT2D eigenvalue weighted by Gasteiger charge is 2.24. The molecule has 35 heavy (non-hydrogen) atoms. The highest BCUT2D eigenvalue weighted by molar-refractivity contribution is 8.00. The molecule has 7 nitrogen and oxygen atoms in total. The fourth-order valence-electron chi connectivity index (χ4n) is 4.19. The van der Waals surface area contributed by atoms with Gasteiger partial charge in [-0.2, -0.15) is 0 Å². The lowest BCUT2D eigenvalue weighted by Gasteiger charge is -2.17. The van der Waals surface area contributed by atoms with Crippen molar-refractivity contribution in [3.8, 4) is 0 Å². The minimum Gasteiger partial charge on any atom is -0.326 e. The lowest BCUT2D eigenvalue weighted by atomic mass is 9.97. The van der Waals surface area contributed by atoms with Gasteiger partial charge >= 0.3 is 0 Å². The van der Waals surface area contributed by atoms with E-state index in [0.717, 1.165) is 42.3 Å². The Bertz CT molecular complexity index is 1290. The van der Waals surface area contributed by atoms with Crippen LogP contribution in [0.2, 0.25) is 0 Å². The molecule has 2 aromatic heterocycles. The van der Waals surface area contributed by atoms with E-state index in [1.165, 1.54) is 29.1 Å². The standard InChI is InChI=1S/C26H32N4O3S2/c1-15(2)13-14-30-25(33)22-20-7-5-6-8-21(20)35-24(22)29-26(30)34-16(3)23(32)28-19-11-9-18(10-12-19)27-17(4)31/h9-12,15-16H,5-8,13-14H2,1-4H3,(H,27,31)(H,28,32). The van der Waals surface area contributed by atoms with E-state index in [4.69, 9.17) is 4.98 Å². The number of thiophene rings is 1. The first-order valence-electron chi connectivity index (χ1n) is 12.1. The van der Waals surface area contributed by atoms with Crippen LogP contribution in [0.4, 0.5) is 11.4 Å². The number of amides is 2. The van der Waals surface area contributed by atoms with Crippen LogP contribution in [0.25, 0.3) is 10.2 Å². The Morgan fingerprint density at radius 1 is 1.09 bits per heavy atom. The van der Waals surface area contributed by atoms with Crippen molar-refractivity contribution < 1.29 is 9.59 Å². The predicted molar refractivity (Wildman–Crippen MR) is 145 cm³/mol. The summed E-state index contributed by atoms with van der Waals surface area (Å²) in [7, 11) is 0. The van der Waals surface area contributed by atoms with Gasteiger partial charge in [0.25, 0.3) is 5.56 Å². The van der Waals surface area contributed by atoms with Gasteiger partial charge in [0.15, 0.2) is 5.16 Å². The van der Waals surface area contributed by atoms with E-state index in [2.05, 4.69) is 24.5 Å². The van der Waals surface area contributed by atoms with E-state index in [0.29, 0.717) is 29.0 Å². The number of fused-ring (bicyclic) bond motifs is 3. The second-order valence-electron chi connectivity index (χ2n) is 9.43. The Hall–Kier alpha value is -2.65. The van der Waals surface area contributed by atoms with Gasteiger partial charge in [0.05, 0.1) is 10.6 Å². The monoisotopic (exact) mass is 512 g/mol. The average Bonchev–Trinajstić information content (AvgIpc) is 3.18. The van der Waals surface area contributed by atoms with E-state index < -0.39 is 5.25 Å². The molecule has 2 heterocycles. The van der Waals surface area contributed by atoms with Gasteiger partial charge in [-0.05, 0) is 74.8 Å². The second-order valence-corrected chi connectivity index (χ2v) is 11.8. The summed E-state index contributed by atoms with van der Waals surface area (Å²) in [6, 6.07) is 6.98. The third kappa shape index (κ3) is 5.95. The molecule has 2 N–H and O–H groups in total. The highest BCUT2D eigenvalue weighted by atomic mass is 32.2. The van der Waals surface area contributed by atoms with Crippen LogP contribution >= 0.6 is 23.1 Å². The normalized spacial score (nSPS) is 14.1. The maximum Gasteiger partial charge on any atom is 0.263 e. The van der Waals surface area contributed by atoms with Crippen LogP contribution < -0.4 is 16.2 Å². The molecule has 1 atom stereocenters. The Labute approximate surface area is 213 Å². The molecular formula is C26H32N4O3S2. The lowest BCUT2D eigenvalue weighted by Crippen LogP contribution is -2.27. The molecule has 1 aliphatic carbocycles. The number of hydrogen-bond acceptors (Lipinski definition) is 6. The highest BCUT2D eigenvalue weighted by Crippen LogP contribution is 2.35. The van der Waals surface area contributed by atoms with Crippen molar-refractivity contribution in [2.75, 3.05) is 10.6 Å². The Morgan fingerprint density at radius 2 is 1.74 bits per heavy atom. The van der Waals surface area contributed by atoms with E-state index in [1.807, 2.05) is 6.92 Å². The molecule has 0 saturated heterocycles. The Kier molecular flexibility index (Phi) is 7.96. The van der Waals surface area contributed by atoms with Crippen molar-refractivity contribution in [1.29, 1.82) is 0 Å². The number of carbonyl (C=O) groups excluding carboxylic acids is 2. The third-order valence-electron chi connectivity index (χ3n) is 6.09. The maximum atomic E-state index is 13.6. The number of aromatic nitrogens is 2. The number of aryl methyl sites for hydroxylation is 2. The van der Waals surface area contributed by atoms with Gasteiger partial charge in [-0.1, -0.05) is 25.6 Å².